The quantitative estimate of drug-likeness (QED) is 0.758. The number of nitrogens with zero attached hydrogens (tertiary/aromatic N) is 1. The van der Waals surface area contributed by atoms with Gasteiger partial charge in [-0.1, -0.05) is 0 Å². The Morgan fingerprint density at radius 1 is 1.42 bits per heavy atom. The first-order valence-electron chi connectivity index (χ1n) is 7.44. The van der Waals surface area contributed by atoms with Gasteiger partial charge in [-0.25, -0.2) is 0 Å². The van der Waals surface area contributed by atoms with E-state index < -0.39 is 0 Å². The first-order valence-corrected chi connectivity index (χ1v) is 7.44. The van der Waals surface area contributed by atoms with Crippen LogP contribution in [0, 0.1) is 5.92 Å². The highest BCUT2D eigenvalue weighted by atomic mass is 16.5. The molecule has 2 aliphatic heterocycles. The van der Waals surface area contributed by atoms with Crippen molar-refractivity contribution in [1.29, 1.82) is 0 Å². The van der Waals surface area contributed by atoms with Crippen LogP contribution in [-0.4, -0.2) is 60.9 Å². The van der Waals surface area contributed by atoms with E-state index in [1.54, 1.807) is 0 Å². The number of aliphatic hydroxyl groups is 1. The lowest BCUT2D eigenvalue weighted by atomic mass is 9.92. The fourth-order valence-electron chi connectivity index (χ4n) is 2.89. The Morgan fingerprint density at radius 2 is 2.16 bits per heavy atom. The summed E-state index contributed by atoms with van der Waals surface area (Å²) in [7, 11) is 0. The van der Waals surface area contributed by atoms with E-state index in [0.29, 0.717) is 19.0 Å². The van der Waals surface area contributed by atoms with Gasteiger partial charge in [0.15, 0.2) is 0 Å². The molecule has 0 spiro atoms. The number of piperidine rings is 1. The number of hydrogen-bond donors (Lipinski definition) is 2. The number of ether oxygens (including phenoxy) is 1. The Labute approximate surface area is 115 Å². The van der Waals surface area contributed by atoms with Crippen LogP contribution in [0.4, 0.5) is 0 Å². The maximum Gasteiger partial charge on any atom is 0.234 e. The number of aliphatic hydroxyl groups excluding tert-OH is 1. The van der Waals surface area contributed by atoms with E-state index in [-0.39, 0.29) is 18.1 Å². The Morgan fingerprint density at radius 3 is 2.74 bits per heavy atom. The summed E-state index contributed by atoms with van der Waals surface area (Å²) in [5, 5.41) is 12.5. The first-order chi connectivity index (χ1) is 9.15. The minimum atomic E-state index is -0.226. The summed E-state index contributed by atoms with van der Waals surface area (Å²) in [5.41, 5.74) is 0. The third-order valence-electron chi connectivity index (χ3n) is 4.23. The van der Waals surface area contributed by atoms with Crippen molar-refractivity contribution >= 4 is 5.91 Å². The Hall–Kier alpha value is -0.650. The van der Waals surface area contributed by atoms with Crippen molar-refractivity contribution in [3.8, 4) is 0 Å². The molecule has 2 rings (SSSR count). The van der Waals surface area contributed by atoms with Gasteiger partial charge in [0, 0.05) is 13.2 Å². The van der Waals surface area contributed by atoms with Gasteiger partial charge in [0.2, 0.25) is 5.91 Å². The molecular formula is C14H26N2O3. The molecule has 5 heteroatoms. The lowest BCUT2D eigenvalue weighted by molar-refractivity contribution is -0.123. The topological polar surface area (TPSA) is 61.8 Å². The van der Waals surface area contributed by atoms with Gasteiger partial charge in [0.05, 0.1) is 18.8 Å². The summed E-state index contributed by atoms with van der Waals surface area (Å²) < 4.78 is 5.48. The Kier molecular flexibility index (Phi) is 5.60. The summed E-state index contributed by atoms with van der Waals surface area (Å²) in [4.78, 5) is 14.0. The molecule has 0 aromatic rings. The van der Waals surface area contributed by atoms with Crippen molar-refractivity contribution in [3.63, 3.8) is 0 Å². The van der Waals surface area contributed by atoms with Gasteiger partial charge in [-0.15, -0.1) is 0 Å². The number of carbonyl (C=O) groups is 1. The van der Waals surface area contributed by atoms with Crippen molar-refractivity contribution in [2.45, 2.75) is 44.8 Å². The van der Waals surface area contributed by atoms with Crippen LogP contribution < -0.4 is 5.32 Å². The van der Waals surface area contributed by atoms with Crippen LogP contribution in [0.2, 0.25) is 0 Å². The zero-order chi connectivity index (χ0) is 13.7. The van der Waals surface area contributed by atoms with Crippen LogP contribution in [0.25, 0.3) is 0 Å². The van der Waals surface area contributed by atoms with Gasteiger partial charge in [-0.2, -0.15) is 0 Å². The summed E-state index contributed by atoms with van der Waals surface area (Å²) >= 11 is 0. The molecule has 0 aromatic heterocycles. The van der Waals surface area contributed by atoms with Crippen LogP contribution in [0.15, 0.2) is 0 Å². The van der Waals surface area contributed by atoms with E-state index in [1.807, 2.05) is 6.92 Å². The molecular weight excluding hydrogens is 244 g/mol. The van der Waals surface area contributed by atoms with Crippen LogP contribution in [-0.2, 0) is 9.53 Å². The largest absolute Gasteiger partial charge is 0.393 e. The Bertz CT molecular complexity index is 282. The molecule has 0 aliphatic carbocycles. The van der Waals surface area contributed by atoms with Gasteiger partial charge in [-0.05, 0) is 51.6 Å². The minimum Gasteiger partial charge on any atom is -0.393 e. The number of likely N-dealkylation sites (tertiary alicyclic amines) is 1. The molecule has 0 bridgehead atoms. The third kappa shape index (κ3) is 4.75. The average Bonchev–Trinajstić information content (AvgIpc) is 2.90. The van der Waals surface area contributed by atoms with Crippen LogP contribution in [0.3, 0.4) is 0 Å². The number of hydrogen-bond acceptors (Lipinski definition) is 4. The zero-order valence-electron chi connectivity index (χ0n) is 11.8. The van der Waals surface area contributed by atoms with Gasteiger partial charge in [0.25, 0.3) is 0 Å². The second-order valence-corrected chi connectivity index (χ2v) is 5.79. The van der Waals surface area contributed by atoms with E-state index in [0.717, 1.165) is 45.4 Å². The average molecular weight is 270 g/mol. The molecule has 0 aromatic carbocycles. The number of carbonyl (C=O) groups excluding carboxylic acids is 1. The second-order valence-electron chi connectivity index (χ2n) is 5.79. The molecule has 5 nitrogen and oxygen atoms in total. The highest BCUT2D eigenvalue weighted by Crippen LogP contribution is 2.20. The van der Waals surface area contributed by atoms with Crippen molar-refractivity contribution in [2.24, 2.45) is 5.92 Å². The molecule has 2 atom stereocenters. The van der Waals surface area contributed by atoms with E-state index in [1.165, 1.54) is 0 Å². The lowest BCUT2D eigenvalue weighted by Crippen LogP contribution is -2.44. The van der Waals surface area contributed by atoms with Gasteiger partial charge in [-0.3, -0.25) is 9.69 Å². The first kappa shape index (κ1) is 14.8. The monoisotopic (exact) mass is 270 g/mol. The normalized spacial score (nSPS) is 27.4. The van der Waals surface area contributed by atoms with E-state index in [9.17, 15) is 9.90 Å². The van der Waals surface area contributed by atoms with Crippen LogP contribution in [0.5, 0.6) is 0 Å². The molecule has 2 fully saturated rings. The van der Waals surface area contributed by atoms with Crippen LogP contribution >= 0.6 is 0 Å². The molecule has 2 heterocycles. The molecule has 2 aliphatic rings. The number of rotatable bonds is 5. The molecule has 0 radical (unpaired) electrons. The van der Waals surface area contributed by atoms with Crippen molar-refractivity contribution in [1.82, 2.24) is 10.2 Å². The highest BCUT2D eigenvalue weighted by Gasteiger charge is 2.24. The van der Waals surface area contributed by atoms with E-state index in [2.05, 4.69) is 10.2 Å². The predicted molar refractivity (Wildman–Crippen MR) is 72.8 cm³/mol. The van der Waals surface area contributed by atoms with Gasteiger partial charge in [0.1, 0.15) is 0 Å². The standard InChI is InChI=1S/C14H26N2O3/c1-11(17)12-4-6-16(7-5-12)10-14(18)15-9-13-3-2-8-19-13/h11-13,17H,2-10H2,1H3,(H,15,18). The fraction of sp³-hybridized carbons (Fsp3) is 0.929. The molecule has 110 valence electrons. The minimum absolute atomic E-state index is 0.0889. The summed E-state index contributed by atoms with van der Waals surface area (Å²) in [6, 6.07) is 0. The van der Waals surface area contributed by atoms with E-state index >= 15 is 0 Å². The number of nitrogens with one attached hydrogen (secondary N) is 1. The predicted octanol–water partition coefficient (Wildman–Crippen LogP) is 0.374. The number of amides is 1. The molecule has 2 saturated heterocycles. The lowest BCUT2D eigenvalue weighted by Gasteiger charge is -2.32. The maximum atomic E-state index is 11.8. The van der Waals surface area contributed by atoms with Gasteiger partial charge >= 0.3 is 0 Å². The Balaban J connectivity index is 1.60. The maximum absolute atomic E-state index is 11.8. The van der Waals surface area contributed by atoms with E-state index in [4.69, 9.17) is 4.74 Å². The zero-order valence-corrected chi connectivity index (χ0v) is 11.8. The molecule has 2 N–H and O–H groups in total. The SMILES string of the molecule is CC(O)C1CCN(CC(=O)NCC2CCCO2)CC1. The molecule has 19 heavy (non-hydrogen) atoms. The third-order valence-corrected chi connectivity index (χ3v) is 4.23. The fourth-order valence-corrected chi connectivity index (χ4v) is 2.89. The van der Waals surface area contributed by atoms with Crippen molar-refractivity contribution < 1.29 is 14.6 Å². The summed E-state index contributed by atoms with van der Waals surface area (Å²) in [6.45, 7) is 5.61. The van der Waals surface area contributed by atoms with Crippen molar-refractivity contribution in [3.05, 3.63) is 0 Å². The molecule has 2 unspecified atom stereocenters. The smallest absolute Gasteiger partial charge is 0.234 e. The molecule has 0 saturated carbocycles. The van der Waals surface area contributed by atoms with Crippen LogP contribution in [0.1, 0.15) is 32.6 Å². The van der Waals surface area contributed by atoms with Crippen molar-refractivity contribution in [2.75, 3.05) is 32.8 Å². The molecule has 1 amide bonds. The van der Waals surface area contributed by atoms with Gasteiger partial charge < -0.3 is 15.2 Å². The summed E-state index contributed by atoms with van der Waals surface area (Å²) in [6.07, 6.45) is 4.11. The highest BCUT2D eigenvalue weighted by molar-refractivity contribution is 5.78. The second kappa shape index (κ2) is 7.22. The summed E-state index contributed by atoms with van der Waals surface area (Å²) in [5.74, 6) is 0.484.